The van der Waals surface area contributed by atoms with Gasteiger partial charge in [0.25, 0.3) is 5.91 Å². The van der Waals surface area contributed by atoms with Gasteiger partial charge in [-0.3, -0.25) is 14.6 Å². The van der Waals surface area contributed by atoms with Gasteiger partial charge in [-0.1, -0.05) is 11.3 Å². The molecule has 1 aromatic heterocycles. The summed E-state index contributed by atoms with van der Waals surface area (Å²) in [5.74, 6) is -1.02. The van der Waals surface area contributed by atoms with Gasteiger partial charge >= 0.3 is 0 Å². The van der Waals surface area contributed by atoms with Gasteiger partial charge in [-0.15, -0.1) is 0 Å². The molecule has 0 radical (unpaired) electrons. The third-order valence-electron chi connectivity index (χ3n) is 4.96. The molecule has 1 amide bonds. The highest BCUT2D eigenvalue weighted by atomic mass is 32.1. The Labute approximate surface area is 176 Å². The number of hydrogen-bond donors (Lipinski definition) is 0. The largest absolute Gasteiger partial charge is 0.497 e. The number of nitrogens with zero attached hydrogens (tertiary/aromatic N) is 3. The number of aromatic nitrogens is 1. The molecule has 0 atom stereocenters. The van der Waals surface area contributed by atoms with Gasteiger partial charge in [0.1, 0.15) is 17.1 Å². The molecule has 6 nitrogen and oxygen atoms in total. The first-order valence-corrected chi connectivity index (χ1v) is 10.4. The number of hydrogen-bond acceptors (Lipinski definition) is 6. The number of morpholine rings is 1. The third kappa shape index (κ3) is 4.43. The molecule has 2 heterocycles. The van der Waals surface area contributed by atoms with E-state index in [1.807, 2.05) is 0 Å². The highest BCUT2D eigenvalue weighted by molar-refractivity contribution is 7.22. The Balaban J connectivity index is 1.65. The smallest absolute Gasteiger partial charge is 0.260 e. The van der Waals surface area contributed by atoms with Gasteiger partial charge in [-0.05, 0) is 30.3 Å². The maximum atomic E-state index is 14.2. The van der Waals surface area contributed by atoms with Crippen molar-refractivity contribution in [1.82, 2.24) is 9.88 Å². The van der Waals surface area contributed by atoms with Gasteiger partial charge in [-0.25, -0.2) is 13.8 Å². The highest BCUT2D eigenvalue weighted by Crippen LogP contribution is 2.32. The van der Waals surface area contributed by atoms with Crippen LogP contribution in [0.3, 0.4) is 0 Å². The highest BCUT2D eigenvalue weighted by Gasteiger charge is 2.24. The lowest BCUT2D eigenvalue weighted by molar-refractivity contribution is 0.0391. The molecule has 0 spiro atoms. The zero-order valence-electron chi connectivity index (χ0n) is 16.4. The van der Waals surface area contributed by atoms with Crippen molar-refractivity contribution in [3.63, 3.8) is 0 Å². The first kappa shape index (κ1) is 20.6. The monoisotopic (exact) mass is 433 g/mol. The minimum atomic E-state index is -0.738. The van der Waals surface area contributed by atoms with E-state index in [9.17, 15) is 13.6 Å². The van der Waals surface area contributed by atoms with E-state index in [1.165, 1.54) is 11.0 Å². The van der Waals surface area contributed by atoms with Crippen molar-refractivity contribution in [2.45, 2.75) is 0 Å². The Hall–Kier alpha value is -2.62. The normalized spacial score (nSPS) is 14.8. The average molecular weight is 433 g/mol. The lowest BCUT2D eigenvalue weighted by Crippen LogP contribution is -2.43. The van der Waals surface area contributed by atoms with E-state index in [2.05, 4.69) is 9.88 Å². The van der Waals surface area contributed by atoms with E-state index in [4.69, 9.17) is 9.47 Å². The number of thiazole rings is 1. The van der Waals surface area contributed by atoms with Crippen LogP contribution in [0, 0.1) is 11.6 Å². The molecule has 1 saturated heterocycles. The maximum Gasteiger partial charge on any atom is 0.260 e. The van der Waals surface area contributed by atoms with Crippen molar-refractivity contribution in [2.75, 3.05) is 51.4 Å². The molecule has 0 unspecified atom stereocenters. The van der Waals surface area contributed by atoms with Crippen molar-refractivity contribution in [2.24, 2.45) is 0 Å². The number of ether oxygens (including phenoxy) is 2. The molecule has 1 aliphatic rings. The molecule has 0 aliphatic carbocycles. The van der Waals surface area contributed by atoms with E-state index in [1.54, 1.807) is 31.4 Å². The van der Waals surface area contributed by atoms with E-state index in [0.29, 0.717) is 47.4 Å². The summed E-state index contributed by atoms with van der Waals surface area (Å²) in [6, 6.07) is 8.81. The Morgan fingerprint density at radius 3 is 2.67 bits per heavy atom. The van der Waals surface area contributed by atoms with Crippen LogP contribution in [0.2, 0.25) is 0 Å². The molecule has 1 aliphatic heterocycles. The number of carbonyl (C=O) groups is 1. The summed E-state index contributed by atoms with van der Waals surface area (Å²) in [6.45, 7) is 3.86. The van der Waals surface area contributed by atoms with Crippen LogP contribution >= 0.6 is 11.3 Å². The van der Waals surface area contributed by atoms with Crippen molar-refractivity contribution in [1.29, 1.82) is 0 Å². The fraction of sp³-hybridized carbons (Fsp3) is 0.333. The lowest BCUT2D eigenvalue weighted by atomic mass is 10.2. The summed E-state index contributed by atoms with van der Waals surface area (Å²) in [7, 11) is 1.56. The van der Waals surface area contributed by atoms with Crippen molar-refractivity contribution >= 4 is 32.6 Å². The lowest BCUT2D eigenvalue weighted by Gasteiger charge is -2.29. The van der Waals surface area contributed by atoms with E-state index < -0.39 is 11.6 Å². The summed E-state index contributed by atoms with van der Waals surface area (Å²) >= 11 is 1.10. The van der Waals surface area contributed by atoms with Crippen LogP contribution in [0.15, 0.2) is 36.4 Å². The van der Waals surface area contributed by atoms with Crippen molar-refractivity contribution in [3.05, 3.63) is 53.6 Å². The number of carbonyl (C=O) groups excluding carboxylic acids is 1. The minimum absolute atomic E-state index is 0.0651. The van der Waals surface area contributed by atoms with Crippen LogP contribution in [-0.4, -0.2) is 62.3 Å². The second-order valence-electron chi connectivity index (χ2n) is 6.87. The molecule has 0 saturated carbocycles. The number of halogens is 2. The third-order valence-corrected chi connectivity index (χ3v) is 5.98. The standard InChI is InChI=1S/C21H21F2N3O3S/c1-28-16-4-2-14(3-5-16)20(27)26(7-6-25-8-10-29-11-9-25)21-24-19-17(23)12-15(22)13-18(19)30-21/h2-5,12-13H,6-11H2,1H3. The minimum Gasteiger partial charge on any atom is -0.497 e. The van der Waals surface area contributed by atoms with Crippen LogP contribution in [0.1, 0.15) is 10.4 Å². The van der Waals surface area contributed by atoms with Gasteiger partial charge in [-0.2, -0.15) is 0 Å². The SMILES string of the molecule is COc1ccc(C(=O)N(CCN2CCOCC2)c2nc3c(F)cc(F)cc3s2)cc1. The molecular formula is C21H21F2N3O3S. The number of fused-ring (bicyclic) bond motifs is 1. The molecule has 3 aromatic rings. The van der Waals surface area contributed by atoms with E-state index in [-0.39, 0.29) is 11.4 Å². The Bertz CT molecular complexity index is 1040. The van der Waals surface area contributed by atoms with Crippen LogP contribution in [0.25, 0.3) is 10.2 Å². The fourth-order valence-corrected chi connectivity index (χ4v) is 4.33. The Kier molecular flexibility index (Phi) is 6.21. The quantitative estimate of drug-likeness (QED) is 0.595. The average Bonchev–Trinajstić information content (AvgIpc) is 3.18. The zero-order valence-corrected chi connectivity index (χ0v) is 17.3. The van der Waals surface area contributed by atoms with E-state index in [0.717, 1.165) is 30.5 Å². The topological polar surface area (TPSA) is 54.9 Å². The number of anilines is 1. The van der Waals surface area contributed by atoms with Gasteiger partial charge < -0.3 is 9.47 Å². The summed E-state index contributed by atoms with van der Waals surface area (Å²) in [5.41, 5.74) is 0.527. The second kappa shape index (κ2) is 9.03. The predicted octanol–water partition coefficient (Wildman–Crippen LogP) is 3.56. The van der Waals surface area contributed by atoms with Crippen LogP contribution in [0.4, 0.5) is 13.9 Å². The number of rotatable bonds is 6. The molecule has 1 fully saturated rings. The van der Waals surface area contributed by atoms with Crippen LogP contribution in [-0.2, 0) is 4.74 Å². The number of benzene rings is 2. The molecule has 2 aromatic carbocycles. The maximum absolute atomic E-state index is 14.2. The van der Waals surface area contributed by atoms with Crippen LogP contribution in [0.5, 0.6) is 5.75 Å². The molecule has 0 N–H and O–H groups in total. The Morgan fingerprint density at radius 2 is 1.97 bits per heavy atom. The molecule has 158 valence electrons. The Morgan fingerprint density at radius 1 is 1.23 bits per heavy atom. The van der Waals surface area contributed by atoms with Gasteiger partial charge in [0.2, 0.25) is 0 Å². The molecule has 30 heavy (non-hydrogen) atoms. The zero-order chi connectivity index (χ0) is 21.1. The van der Waals surface area contributed by atoms with Gasteiger partial charge in [0.05, 0.1) is 25.0 Å². The first-order chi connectivity index (χ1) is 14.5. The molecule has 0 bridgehead atoms. The second-order valence-corrected chi connectivity index (χ2v) is 7.88. The van der Waals surface area contributed by atoms with Crippen LogP contribution < -0.4 is 9.64 Å². The van der Waals surface area contributed by atoms with E-state index >= 15 is 0 Å². The summed E-state index contributed by atoms with van der Waals surface area (Å²) in [4.78, 5) is 21.3. The molecule has 9 heteroatoms. The summed E-state index contributed by atoms with van der Waals surface area (Å²) < 4.78 is 38.7. The molecule has 4 rings (SSSR count). The van der Waals surface area contributed by atoms with Crippen molar-refractivity contribution < 1.29 is 23.0 Å². The predicted molar refractivity (Wildman–Crippen MR) is 111 cm³/mol. The van der Waals surface area contributed by atoms with Gasteiger partial charge in [0, 0.05) is 37.8 Å². The molecular weight excluding hydrogens is 412 g/mol. The van der Waals surface area contributed by atoms with Gasteiger partial charge in [0.15, 0.2) is 10.9 Å². The number of methoxy groups -OCH3 is 1. The number of amides is 1. The fourth-order valence-electron chi connectivity index (χ4n) is 3.30. The summed E-state index contributed by atoms with van der Waals surface area (Å²) in [6.07, 6.45) is 0. The first-order valence-electron chi connectivity index (χ1n) is 9.57. The summed E-state index contributed by atoms with van der Waals surface area (Å²) in [5, 5.41) is 0.337. The van der Waals surface area contributed by atoms with Crippen molar-refractivity contribution in [3.8, 4) is 5.75 Å².